The molecule has 0 radical (unpaired) electrons. The van der Waals surface area contributed by atoms with Crippen molar-refractivity contribution in [2.24, 2.45) is 5.92 Å². The van der Waals surface area contributed by atoms with Gasteiger partial charge in [-0.3, -0.25) is 0 Å². The fourth-order valence-electron chi connectivity index (χ4n) is 3.10. The minimum Gasteiger partial charge on any atom is -0.356 e. The van der Waals surface area contributed by atoms with Crippen LogP contribution >= 0.6 is 0 Å². The fourth-order valence-corrected chi connectivity index (χ4v) is 3.10. The van der Waals surface area contributed by atoms with Gasteiger partial charge in [0.15, 0.2) is 0 Å². The molecule has 0 aromatic carbocycles. The van der Waals surface area contributed by atoms with Crippen molar-refractivity contribution in [3.63, 3.8) is 0 Å². The highest BCUT2D eigenvalue weighted by Gasteiger charge is 2.19. The molecule has 1 aromatic heterocycles. The Morgan fingerprint density at radius 3 is 2.76 bits per heavy atom. The zero-order valence-electron chi connectivity index (χ0n) is 14.4. The van der Waals surface area contributed by atoms with Gasteiger partial charge in [0.1, 0.15) is 5.82 Å². The number of pyridine rings is 1. The lowest BCUT2D eigenvalue weighted by atomic mass is 10.0. The summed E-state index contributed by atoms with van der Waals surface area (Å²) in [6.45, 7) is 14.3. The Morgan fingerprint density at radius 1 is 1.29 bits per heavy atom. The van der Waals surface area contributed by atoms with E-state index in [4.69, 9.17) is 4.98 Å². The van der Waals surface area contributed by atoms with Crippen LogP contribution in [0.25, 0.3) is 0 Å². The molecule has 21 heavy (non-hydrogen) atoms. The Kier molecular flexibility index (Phi) is 5.63. The first kappa shape index (κ1) is 16.3. The number of hydrogen-bond acceptors (Lipinski definition) is 3. The van der Waals surface area contributed by atoms with E-state index in [1.807, 2.05) is 0 Å². The molecule has 1 atom stereocenters. The average molecular weight is 289 g/mol. The first-order valence-electron chi connectivity index (χ1n) is 8.42. The largest absolute Gasteiger partial charge is 0.356 e. The SMILES string of the molecule is Cc1cc(C)c(CNC(C)C)c(N2CCCC(C)CC2)n1. The fraction of sp³-hybridized carbons (Fsp3) is 0.722. The lowest BCUT2D eigenvalue weighted by molar-refractivity contribution is 0.521. The van der Waals surface area contributed by atoms with Crippen molar-refractivity contribution in [3.05, 3.63) is 22.9 Å². The molecule has 1 aromatic rings. The van der Waals surface area contributed by atoms with E-state index < -0.39 is 0 Å². The standard InChI is InChI=1S/C18H31N3/c1-13(2)19-12-17-15(4)11-16(5)20-18(17)21-9-6-7-14(3)8-10-21/h11,13-14,19H,6-10,12H2,1-5H3. The van der Waals surface area contributed by atoms with Crippen LogP contribution in [0.2, 0.25) is 0 Å². The van der Waals surface area contributed by atoms with Crippen molar-refractivity contribution in [2.45, 2.75) is 66.5 Å². The molecule has 0 spiro atoms. The summed E-state index contributed by atoms with van der Waals surface area (Å²) >= 11 is 0. The second-order valence-corrected chi connectivity index (χ2v) is 6.94. The van der Waals surface area contributed by atoms with E-state index in [-0.39, 0.29) is 0 Å². The quantitative estimate of drug-likeness (QED) is 0.913. The molecule has 1 unspecified atom stereocenters. The zero-order chi connectivity index (χ0) is 15.4. The van der Waals surface area contributed by atoms with Gasteiger partial charge in [0.05, 0.1) is 0 Å². The summed E-state index contributed by atoms with van der Waals surface area (Å²) in [4.78, 5) is 7.40. The van der Waals surface area contributed by atoms with Crippen molar-refractivity contribution in [2.75, 3.05) is 18.0 Å². The minimum absolute atomic E-state index is 0.503. The number of rotatable bonds is 4. The van der Waals surface area contributed by atoms with E-state index in [0.29, 0.717) is 6.04 Å². The highest BCUT2D eigenvalue weighted by Crippen LogP contribution is 2.26. The van der Waals surface area contributed by atoms with Crippen molar-refractivity contribution in [3.8, 4) is 0 Å². The number of anilines is 1. The summed E-state index contributed by atoms with van der Waals surface area (Å²) < 4.78 is 0. The van der Waals surface area contributed by atoms with E-state index in [2.05, 4.69) is 50.9 Å². The van der Waals surface area contributed by atoms with Gasteiger partial charge in [0.25, 0.3) is 0 Å². The van der Waals surface area contributed by atoms with Gasteiger partial charge in [-0.2, -0.15) is 0 Å². The third-order valence-electron chi connectivity index (χ3n) is 4.46. The molecule has 1 fully saturated rings. The van der Waals surface area contributed by atoms with Gasteiger partial charge in [-0.25, -0.2) is 4.98 Å². The second-order valence-electron chi connectivity index (χ2n) is 6.94. The van der Waals surface area contributed by atoms with Crippen LogP contribution in [-0.2, 0) is 6.54 Å². The number of aryl methyl sites for hydroxylation is 2. The summed E-state index contributed by atoms with van der Waals surface area (Å²) in [6, 6.07) is 2.71. The molecule has 0 saturated carbocycles. The predicted molar refractivity (Wildman–Crippen MR) is 90.9 cm³/mol. The third-order valence-corrected chi connectivity index (χ3v) is 4.46. The smallest absolute Gasteiger partial charge is 0.133 e. The van der Waals surface area contributed by atoms with Gasteiger partial charge in [0.2, 0.25) is 0 Å². The van der Waals surface area contributed by atoms with E-state index in [1.165, 1.54) is 36.2 Å². The number of hydrogen-bond donors (Lipinski definition) is 1. The highest BCUT2D eigenvalue weighted by atomic mass is 15.2. The van der Waals surface area contributed by atoms with E-state index >= 15 is 0 Å². The van der Waals surface area contributed by atoms with Crippen LogP contribution in [-0.4, -0.2) is 24.1 Å². The van der Waals surface area contributed by atoms with Crippen LogP contribution in [0.1, 0.15) is 56.9 Å². The van der Waals surface area contributed by atoms with Crippen LogP contribution < -0.4 is 10.2 Å². The van der Waals surface area contributed by atoms with Gasteiger partial charge in [0, 0.05) is 36.9 Å². The highest BCUT2D eigenvalue weighted by molar-refractivity contribution is 5.51. The topological polar surface area (TPSA) is 28.2 Å². The molecule has 0 aliphatic carbocycles. The molecule has 3 heteroatoms. The Balaban J connectivity index is 2.27. The van der Waals surface area contributed by atoms with E-state index in [1.54, 1.807) is 0 Å². The molecule has 3 nitrogen and oxygen atoms in total. The molecule has 0 amide bonds. The Bertz CT molecular complexity index is 468. The van der Waals surface area contributed by atoms with Crippen LogP contribution in [0.5, 0.6) is 0 Å². The van der Waals surface area contributed by atoms with Crippen LogP contribution in [0, 0.1) is 19.8 Å². The summed E-state index contributed by atoms with van der Waals surface area (Å²) in [7, 11) is 0. The number of nitrogens with zero attached hydrogens (tertiary/aromatic N) is 2. The van der Waals surface area contributed by atoms with Gasteiger partial charge in [-0.15, -0.1) is 0 Å². The first-order chi connectivity index (χ1) is 9.97. The summed E-state index contributed by atoms with van der Waals surface area (Å²) in [5.41, 5.74) is 3.87. The van der Waals surface area contributed by atoms with Crippen LogP contribution in [0.15, 0.2) is 6.07 Å². The molecule has 2 rings (SSSR count). The van der Waals surface area contributed by atoms with Crippen LogP contribution in [0.4, 0.5) is 5.82 Å². The van der Waals surface area contributed by atoms with Gasteiger partial charge >= 0.3 is 0 Å². The molecule has 1 saturated heterocycles. The van der Waals surface area contributed by atoms with Crippen molar-refractivity contribution in [1.82, 2.24) is 10.3 Å². The lowest BCUT2D eigenvalue weighted by Crippen LogP contribution is -2.29. The van der Waals surface area contributed by atoms with Crippen molar-refractivity contribution in [1.29, 1.82) is 0 Å². The lowest BCUT2D eigenvalue weighted by Gasteiger charge is -2.26. The Hall–Kier alpha value is -1.09. The molecule has 2 heterocycles. The predicted octanol–water partition coefficient (Wildman–Crippen LogP) is 3.82. The van der Waals surface area contributed by atoms with E-state index in [9.17, 15) is 0 Å². The maximum Gasteiger partial charge on any atom is 0.133 e. The Morgan fingerprint density at radius 2 is 2.05 bits per heavy atom. The maximum absolute atomic E-state index is 4.89. The zero-order valence-corrected chi connectivity index (χ0v) is 14.4. The molecule has 118 valence electrons. The molecular weight excluding hydrogens is 258 g/mol. The second kappa shape index (κ2) is 7.26. The van der Waals surface area contributed by atoms with Gasteiger partial charge < -0.3 is 10.2 Å². The molecule has 0 bridgehead atoms. The minimum atomic E-state index is 0.503. The van der Waals surface area contributed by atoms with E-state index in [0.717, 1.165) is 31.2 Å². The maximum atomic E-state index is 4.89. The average Bonchev–Trinajstić information content (AvgIpc) is 2.61. The van der Waals surface area contributed by atoms with Crippen molar-refractivity contribution >= 4 is 5.82 Å². The summed E-state index contributed by atoms with van der Waals surface area (Å²) in [5, 5.41) is 3.56. The monoisotopic (exact) mass is 289 g/mol. The molecule has 1 aliphatic heterocycles. The molecular formula is C18H31N3. The first-order valence-corrected chi connectivity index (χ1v) is 8.42. The molecule has 1 aliphatic rings. The van der Waals surface area contributed by atoms with Crippen molar-refractivity contribution < 1.29 is 0 Å². The number of aromatic nitrogens is 1. The number of nitrogens with one attached hydrogen (secondary N) is 1. The summed E-state index contributed by atoms with van der Waals surface area (Å²) in [6.07, 6.45) is 3.92. The molecule has 1 N–H and O–H groups in total. The van der Waals surface area contributed by atoms with Gasteiger partial charge in [-0.1, -0.05) is 20.8 Å². The third kappa shape index (κ3) is 4.44. The van der Waals surface area contributed by atoms with Crippen LogP contribution in [0.3, 0.4) is 0 Å². The Labute approximate surface area is 130 Å². The normalized spacial score (nSPS) is 19.9. The summed E-state index contributed by atoms with van der Waals surface area (Å²) in [5.74, 6) is 2.06. The van der Waals surface area contributed by atoms with Gasteiger partial charge in [-0.05, 0) is 50.7 Å².